The molecule has 0 aliphatic carbocycles. The molecule has 0 saturated heterocycles. The van der Waals surface area contributed by atoms with Crippen LogP contribution in [0.25, 0.3) is 0 Å². The fourth-order valence-corrected chi connectivity index (χ4v) is 2.71. The van der Waals surface area contributed by atoms with E-state index < -0.39 is 5.82 Å². The largest absolute Gasteiger partial charge is 0.326 e. The maximum atomic E-state index is 13.8. The van der Waals surface area contributed by atoms with Crippen molar-refractivity contribution >= 4 is 46.4 Å². The lowest BCUT2D eigenvalue weighted by molar-refractivity contribution is -0.117. The van der Waals surface area contributed by atoms with Crippen LogP contribution in [0.4, 0.5) is 15.8 Å². The standard InChI is InChI=1S/C17H15Cl2FN2O2/c1-11(23)22(16-5-3-2-4-15(16)20)7-6-17(24)21-14-9-12(18)8-13(19)10-14/h2-5,8-10H,6-7H2,1H3,(H,21,24). The fraction of sp³-hybridized carbons (Fsp3) is 0.176. The second kappa shape index (κ2) is 8.13. The monoisotopic (exact) mass is 368 g/mol. The third-order valence-corrected chi connectivity index (χ3v) is 3.67. The Kier molecular flexibility index (Phi) is 6.17. The second-order valence-electron chi connectivity index (χ2n) is 5.08. The molecule has 126 valence electrons. The number of anilines is 2. The lowest BCUT2D eigenvalue weighted by Crippen LogP contribution is -2.32. The molecular formula is C17H15Cl2FN2O2. The molecule has 0 atom stereocenters. The molecule has 7 heteroatoms. The molecule has 2 aromatic carbocycles. The van der Waals surface area contributed by atoms with Crippen LogP contribution in [-0.2, 0) is 9.59 Å². The Balaban J connectivity index is 2.03. The Labute approximate surface area is 149 Å². The smallest absolute Gasteiger partial charge is 0.226 e. The Morgan fingerprint density at radius 3 is 2.33 bits per heavy atom. The first-order valence-electron chi connectivity index (χ1n) is 7.15. The summed E-state index contributed by atoms with van der Waals surface area (Å²) in [5, 5.41) is 3.44. The van der Waals surface area contributed by atoms with Gasteiger partial charge in [0, 0.05) is 35.6 Å². The molecule has 2 rings (SSSR count). The highest BCUT2D eigenvalue weighted by Gasteiger charge is 2.16. The van der Waals surface area contributed by atoms with Gasteiger partial charge in [-0.3, -0.25) is 9.59 Å². The quantitative estimate of drug-likeness (QED) is 0.843. The van der Waals surface area contributed by atoms with E-state index in [2.05, 4.69) is 5.32 Å². The molecule has 0 bridgehead atoms. The molecule has 24 heavy (non-hydrogen) atoms. The van der Waals surface area contributed by atoms with Crippen LogP contribution in [0.1, 0.15) is 13.3 Å². The lowest BCUT2D eigenvalue weighted by atomic mass is 10.2. The van der Waals surface area contributed by atoms with Crippen LogP contribution in [-0.4, -0.2) is 18.4 Å². The van der Waals surface area contributed by atoms with Crippen molar-refractivity contribution in [2.24, 2.45) is 0 Å². The van der Waals surface area contributed by atoms with Gasteiger partial charge >= 0.3 is 0 Å². The highest BCUT2D eigenvalue weighted by Crippen LogP contribution is 2.23. The van der Waals surface area contributed by atoms with Crippen molar-refractivity contribution in [2.75, 3.05) is 16.8 Å². The van der Waals surface area contributed by atoms with Crippen LogP contribution >= 0.6 is 23.2 Å². The van der Waals surface area contributed by atoms with Crippen LogP contribution < -0.4 is 10.2 Å². The van der Waals surface area contributed by atoms with Crippen LogP contribution in [0.15, 0.2) is 42.5 Å². The zero-order valence-corrected chi connectivity index (χ0v) is 14.4. The van der Waals surface area contributed by atoms with Crippen molar-refractivity contribution in [1.82, 2.24) is 0 Å². The van der Waals surface area contributed by atoms with Gasteiger partial charge in [0.25, 0.3) is 0 Å². The number of carbonyl (C=O) groups excluding carboxylic acids is 2. The maximum Gasteiger partial charge on any atom is 0.226 e. The molecule has 4 nitrogen and oxygen atoms in total. The maximum absolute atomic E-state index is 13.8. The summed E-state index contributed by atoms with van der Waals surface area (Å²) in [6.07, 6.45) is -0.00194. The summed E-state index contributed by atoms with van der Waals surface area (Å²) in [6.45, 7) is 1.37. The van der Waals surface area contributed by atoms with E-state index in [0.717, 1.165) is 0 Å². The van der Waals surface area contributed by atoms with Gasteiger partial charge < -0.3 is 10.2 Å². The number of rotatable bonds is 5. The number of amides is 2. The predicted octanol–water partition coefficient (Wildman–Crippen LogP) is 4.51. The van der Waals surface area contributed by atoms with Crippen molar-refractivity contribution in [3.63, 3.8) is 0 Å². The summed E-state index contributed by atoms with van der Waals surface area (Å²) in [7, 11) is 0. The number of hydrogen-bond acceptors (Lipinski definition) is 2. The number of benzene rings is 2. The summed E-state index contributed by atoms with van der Waals surface area (Å²) in [5.41, 5.74) is 0.598. The highest BCUT2D eigenvalue weighted by atomic mass is 35.5. The average molecular weight is 369 g/mol. The summed E-state index contributed by atoms with van der Waals surface area (Å²) in [4.78, 5) is 25.0. The molecule has 0 saturated carbocycles. The van der Waals surface area contributed by atoms with Gasteiger partial charge in [0.2, 0.25) is 11.8 Å². The van der Waals surface area contributed by atoms with Gasteiger partial charge in [0.15, 0.2) is 0 Å². The van der Waals surface area contributed by atoms with E-state index in [1.54, 1.807) is 24.3 Å². The van der Waals surface area contributed by atoms with Crippen LogP contribution in [0.5, 0.6) is 0 Å². The molecule has 0 spiro atoms. The minimum Gasteiger partial charge on any atom is -0.326 e. The third-order valence-electron chi connectivity index (χ3n) is 3.23. The number of nitrogens with zero attached hydrogens (tertiary/aromatic N) is 1. The minimum absolute atomic E-state index is 0.00194. The Morgan fingerprint density at radius 2 is 1.75 bits per heavy atom. The van der Waals surface area contributed by atoms with E-state index >= 15 is 0 Å². The average Bonchev–Trinajstić information content (AvgIpc) is 2.47. The van der Waals surface area contributed by atoms with Gasteiger partial charge in [-0.25, -0.2) is 4.39 Å². The molecular weight excluding hydrogens is 354 g/mol. The summed E-state index contributed by atoms with van der Waals surface area (Å²) >= 11 is 11.7. The summed E-state index contributed by atoms with van der Waals surface area (Å²) in [6, 6.07) is 10.6. The number of nitrogens with one attached hydrogen (secondary N) is 1. The van der Waals surface area contributed by atoms with Gasteiger partial charge in [-0.2, -0.15) is 0 Å². The molecule has 0 fully saturated rings. The van der Waals surface area contributed by atoms with Crippen LogP contribution in [0, 0.1) is 5.82 Å². The Bertz CT molecular complexity index is 748. The number of para-hydroxylation sites is 1. The first-order chi connectivity index (χ1) is 11.4. The van der Waals surface area contributed by atoms with Gasteiger partial charge in [0.1, 0.15) is 5.82 Å². The molecule has 0 aliphatic rings. The zero-order chi connectivity index (χ0) is 17.7. The van der Waals surface area contributed by atoms with Crippen molar-refractivity contribution in [3.05, 3.63) is 58.3 Å². The van der Waals surface area contributed by atoms with Gasteiger partial charge in [0.05, 0.1) is 5.69 Å². The first-order valence-corrected chi connectivity index (χ1v) is 7.91. The molecule has 0 heterocycles. The summed E-state index contributed by atoms with van der Waals surface area (Å²) in [5.74, 6) is -1.20. The molecule has 2 aromatic rings. The van der Waals surface area contributed by atoms with Crippen molar-refractivity contribution < 1.29 is 14.0 Å². The molecule has 0 aliphatic heterocycles. The SMILES string of the molecule is CC(=O)N(CCC(=O)Nc1cc(Cl)cc(Cl)c1)c1ccccc1F. The molecule has 2 amide bonds. The Morgan fingerprint density at radius 1 is 1.12 bits per heavy atom. The van der Waals surface area contributed by atoms with Crippen molar-refractivity contribution in [1.29, 1.82) is 0 Å². The number of hydrogen-bond donors (Lipinski definition) is 1. The minimum atomic E-state index is -0.519. The van der Waals surface area contributed by atoms with E-state index in [4.69, 9.17) is 23.2 Å². The van der Waals surface area contributed by atoms with E-state index in [0.29, 0.717) is 15.7 Å². The fourth-order valence-electron chi connectivity index (χ4n) is 2.18. The second-order valence-corrected chi connectivity index (χ2v) is 5.95. The first kappa shape index (κ1) is 18.2. The van der Waals surface area contributed by atoms with Gasteiger partial charge in [-0.05, 0) is 30.3 Å². The van der Waals surface area contributed by atoms with E-state index in [-0.39, 0.29) is 30.5 Å². The van der Waals surface area contributed by atoms with Crippen LogP contribution in [0.3, 0.4) is 0 Å². The predicted molar refractivity (Wildman–Crippen MR) is 94.1 cm³/mol. The molecule has 0 radical (unpaired) electrons. The zero-order valence-electron chi connectivity index (χ0n) is 12.9. The normalized spacial score (nSPS) is 10.3. The van der Waals surface area contributed by atoms with E-state index in [9.17, 15) is 14.0 Å². The van der Waals surface area contributed by atoms with E-state index in [1.165, 1.54) is 30.0 Å². The number of carbonyl (C=O) groups is 2. The summed E-state index contributed by atoms with van der Waals surface area (Å²) < 4.78 is 13.8. The molecule has 0 aromatic heterocycles. The Hall–Kier alpha value is -2.11. The van der Waals surface area contributed by atoms with Crippen molar-refractivity contribution in [2.45, 2.75) is 13.3 Å². The number of halogens is 3. The lowest BCUT2D eigenvalue weighted by Gasteiger charge is -2.21. The van der Waals surface area contributed by atoms with E-state index in [1.807, 2.05) is 0 Å². The highest BCUT2D eigenvalue weighted by molar-refractivity contribution is 6.35. The van der Waals surface area contributed by atoms with Crippen LogP contribution in [0.2, 0.25) is 10.0 Å². The van der Waals surface area contributed by atoms with Gasteiger partial charge in [-0.1, -0.05) is 35.3 Å². The topological polar surface area (TPSA) is 49.4 Å². The van der Waals surface area contributed by atoms with Gasteiger partial charge in [-0.15, -0.1) is 0 Å². The molecule has 1 N–H and O–H groups in total. The third kappa shape index (κ3) is 4.94. The van der Waals surface area contributed by atoms with Crippen molar-refractivity contribution in [3.8, 4) is 0 Å². The molecule has 0 unspecified atom stereocenters.